The van der Waals surface area contributed by atoms with Gasteiger partial charge in [0.1, 0.15) is 5.82 Å². The van der Waals surface area contributed by atoms with Crippen molar-refractivity contribution in [2.75, 3.05) is 0 Å². The topological polar surface area (TPSA) is 25.8 Å². The molecule has 134 valence electrons. The summed E-state index contributed by atoms with van der Waals surface area (Å²) in [6.07, 6.45) is 14.4. The van der Waals surface area contributed by atoms with E-state index in [4.69, 9.17) is 0 Å². The van der Waals surface area contributed by atoms with Crippen molar-refractivity contribution >= 4 is 0 Å². The van der Waals surface area contributed by atoms with E-state index in [2.05, 4.69) is 61.3 Å². The van der Waals surface area contributed by atoms with E-state index in [1.807, 2.05) is 0 Å². The van der Waals surface area contributed by atoms with Crippen LogP contribution < -0.4 is 0 Å². The number of benzene rings is 1. The van der Waals surface area contributed by atoms with Crippen molar-refractivity contribution in [3.8, 4) is 0 Å². The van der Waals surface area contributed by atoms with E-state index in [0.29, 0.717) is 5.92 Å². The average molecular weight is 337 g/mol. The third-order valence-corrected chi connectivity index (χ3v) is 5.85. The van der Waals surface area contributed by atoms with Gasteiger partial charge in [-0.3, -0.25) is 0 Å². The standard InChI is InChI=1S/C15H24N2.C8H8/c1-3-5-12-6-8-13(9-7-12)14-10-16-15(4-2)17-11-14;1-2-6-5-7-3-4-8(6)7/h10-13H,3-9H2,1-2H3;3-5H,2H2,1H3. The monoisotopic (exact) mass is 336 g/mol. The summed E-state index contributed by atoms with van der Waals surface area (Å²) in [5, 5.41) is 2.97. The Morgan fingerprint density at radius 2 is 1.64 bits per heavy atom. The van der Waals surface area contributed by atoms with Crippen LogP contribution in [0.1, 0.15) is 82.2 Å². The second-order valence-electron chi connectivity index (χ2n) is 7.52. The van der Waals surface area contributed by atoms with E-state index in [-0.39, 0.29) is 0 Å². The highest BCUT2D eigenvalue weighted by molar-refractivity contribution is 5.33. The lowest BCUT2D eigenvalue weighted by atomic mass is 9.78. The Bertz CT molecular complexity index is 756. The molecule has 0 atom stereocenters. The van der Waals surface area contributed by atoms with E-state index in [1.54, 1.807) is 0 Å². The maximum atomic E-state index is 4.42. The second-order valence-corrected chi connectivity index (χ2v) is 7.52. The molecule has 1 saturated carbocycles. The van der Waals surface area contributed by atoms with Gasteiger partial charge in [-0.05, 0) is 65.5 Å². The van der Waals surface area contributed by atoms with Gasteiger partial charge in [-0.25, -0.2) is 9.97 Å². The number of hydrogen-bond donors (Lipinski definition) is 0. The van der Waals surface area contributed by atoms with E-state index in [1.165, 1.54) is 66.5 Å². The quantitative estimate of drug-likeness (QED) is 0.574. The molecule has 1 heterocycles. The van der Waals surface area contributed by atoms with Crippen molar-refractivity contribution in [3.05, 3.63) is 58.0 Å². The van der Waals surface area contributed by atoms with Gasteiger partial charge in [0.05, 0.1) is 0 Å². The van der Waals surface area contributed by atoms with Crippen molar-refractivity contribution in [2.24, 2.45) is 5.92 Å². The fourth-order valence-electron chi connectivity index (χ4n) is 4.11. The molecule has 0 aromatic carbocycles. The van der Waals surface area contributed by atoms with Crippen molar-refractivity contribution in [2.45, 2.75) is 78.1 Å². The van der Waals surface area contributed by atoms with Crippen LogP contribution in [0.4, 0.5) is 0 Å². The first kappa shape index (κ1) is 18.1. The van der Waals surface area contributed by atoms with Crippen LogP contribution in [0.5, 0.6) is 0 Å². The molecule has 2 nitrogen and oxygen atoms in total. The van der Waals surface area contributed by atoms with Crippen molar-refractivity contribution < 1.29 is 0 Å². The van der Waals surface area contributed by atoms with Gasteiger partial charge in [0, 0.05) is 18.8 Å². The zero-order chi connectivity index (χ0) is 17.6. The molecule has 0 bridgehead atoms. The van der Waals surface area contributed by atoms with Crippen LogP contribution >= 0.6 is 0 Å². The molecule has 3 aliphatic carbocycles. The molecular weight excluding hydrogens is 304 g/mol. The smallest absolute Gasteiger partial charge is 0.127 e. The van der Waals surface area contributed by atoms with E-state index in [9.17, 15) is 0 Å². The Kier molecular flexibility index (Phi) is 6.23. The predicted octanol–water partition coefficient (Wildman–Crippen LogP) is 5.96. The molecule has 0 spiro atoms. The van der Waals surface area contributed by atoms with Crippen molar-refractivity contribution in [1.29, 1.82) is 0 Å². The van der Waals surface area contributed by atoms with Gasteiger partial charge in [0.2, 0.25) is 0 Å². The summed E-state index contributed by atoms with van der Waals surface area (Å²) >= 11 is 0. The molecule has 0 amide bonds. The van der Waals surface area contributed by atoms with E-state index < -0.39 is 0 Å². The van der Waals surface area contributed by atoms with Gasteiger partial charge in [-0.15, -0.1) is 0 Å². The van der Waals surface area contributed by atoms with Gasteiger partial charge in [-0.2, -0.15) is 0 Å². The lowest BCUT2D eigenvalue weighted by Gasteiger charge is -2.28. The van der Waals surface area contributed by atoms with Gasteiger partial charge in [0.15, 0.2) is 0 Å². The molecular formula is C23H32N2. The summed E-state index contributed by atoms with van der Waals surface area (Å²) in [7, 11) is 0. The van der Waals surface area contributed by atoms with Crippen LogP contribution in [0.3, 0.4) is 0 Å². The third-order valence-electron chi connectivity index (χ3n) is 5.85. The summed E-state index contributed by atoms with van der Waals surface area (Å²) in [6, 6.07) is 6.61. The highest BCUT2D eigenvalue weighted by atomic mass is 14.9. The van der Waals surface area contributed by atoms with Gasteiger partial charge < -0.3 is 0 Å². The van der Waals surface area contributed by atoms with Crippen LogP contribution in [0.25, 0.3) is 0 Å². The van der Waals surface area contributed by atoms with Gasteiger partial charge >= 0.3 is 0 Å². The molecule has 3 aliphatic rings. The minimum Gasteiger partial charge on any atom is -0.241 e. The van der Waals surface area contributed by atoms with Crippen molar-refractivity contribution in [3.63, 3.8) is 0 Å². The Hall–Kier alpha value is -1.70. The molecule has 25 heavy (non-hydrogen) atoms. The Balaban J connectivity index is 0.000000188. The maximum absolute atomic E-state index is 4.42. The highest BCUT2D eigenvalue weighted by Gasteiger charge is 2.22. The minimum absolute atomic E-state index is 0.717. The predicted molar refractivity (Wildman–Crippen MR) is 105 cm³/mol. The highest BCUT2D eigenvalue weighted by Crippen LogP contribution is 2.36. The molecule has 0 saturated heterocycles. The second kappa shape index (κ2) is 8.60. The molecule has 0 aliphatic heterocycles. The summed E-state index contributed by atoms with van der Waals surface area (Å²) in [4.78, 5) is 8.83. The lowest BCUT2D eigenvalue weighted by Crippen LogP contribution is -2.13. The first-order valence-electron chi connectivity index (χ1n) is 10.2. The number of aryl methyl sites for hydroxylation is 2. The first-order chi connectivity index (χ1) is 12.2. The molecule has 1 aromatic rings. The summed E-state index contributed by atoms with van der Waals surface area (Å²) in [5.41, 5.74) is 2.89. The largest absolute Gasteiger partial charge is 0.241 e. The molecule has 0 N–H and O–H groups in total. The molecule has 2 heteroatoms. The van der Waals surface area contributed by atoms with E-state index in [0.717, 1.165) is 18.2 Å². The van der Waals surface area contributed by atoms with Gasteiger partial charge in [-0.1, -0.05) is 51.8 Å². The number of nitrogens with zero attached hydrogens (tertiary/aromatic N) is 2. The van der Waals surface area contributed by atoms with Crippen LogP contribution in [-0.4, -0.2) is 9.97 Å². The first-order valence-corrected chi connectivity index (χ1v) is 10.2. The SMILES string of the molecule is CCCC1CCC(c2cnc(CC)nc2)CC1.CCc1cc2ccc1=2. The molecule has 1 fully saturated rings. The van der Waals surface area contributed by atoms with Crippen LogP contribution in [0, 0.1) is 16.4 Å². The fourth-order valence-corrected chi connectivity index (χ4v) is 4.11. The molecule has 0 radical (unpaired) electrons. The summed E-state index contributed by atoms with van der Waals surface area (Å²) < 4.78 is 0. The number of aromatic nitrogens is 2. The zero-order valence-corrected chi connectivity index (χ0v) is 16.1. The minimum atomic E-state index is 0.717. The number of rotatable bonds is 5. The Morgan fingerprint density at radius 3 is 2.04 bits per heavy atom. The number of hydrogen-bond acceptors (Lipinski definition) is 2. The third kappa shape index (κ3) is 4.29. The average Bonchev–Trinajstić information content (AvgIpc) is 2.65. The summed E-state index contributed by atoms with van der Waals surface area (Å²) in [6.45, 7) is 6.59. The van der Waals surface area contributed by atoms with Crippen LogP contribution in [0.15, 0.2) is 30.6 Å². The van der Waals surface area contributed by atoms with E-state index >= 15 is 0 Å². The summed E-state index contributed by atoms with van der Waals surface area (Å²) in [5.74, 6) is 2.66. The lowest BCUT2D eigenvalue weighted by molar-refractivity contribution is 0.307. The fraction of sp³-hybridized carbons (Fsp3) is 0.565. The molecule has 4 rings (SSSR count). The molecule has 0 unspecified atom stereocenters. The van der Waals surface area contributed by atoms with Crippen LogP contribution in [-0.2, 0) is 12.8 Å². The zero-order valence-electron chi connectivity index (χ0n) is 16.1. The van der Waals surface area contributed by atoms with Crippen molar-refractivity contribution in [1.82, 2.24) is 9.97 Å². The molecule has 1 aromatic heterocycles. The Morgan fingerprint density at radius 1 is 0.920 bits per heavy atom. The normalized spacial score (nSPS) is 20.6. The maximum Gasteiger partial charge on any atom is 0.127 e. The van der Waals surface area contributed by atoms with Crippen LogP contribution in [0.2, 0.25) is 0 Å². The Labute approximate surface area is 152 Å². The van der Waals surface area contributed by atoms with Gasteiger partial charge in [0.25, 0.3) is 0 Å².